The van der Waals surface area contributed by atoms with E-state index >= 15 is 0 Å². The standard InChI is InChI=1S/C58H35N3OS/c1-2-17-44-36(11-1)12-9-21-50(44)61-51-20-5-3-19-47(51)58-52(22-10-23-53(58)61)60-40-16-8-14-38(32-40)37-13-7-15-39(31-37)59(43-25-28-46-45-18-4-6-24-56(45)63-57(46)35-43)41-26-29-54-48(33-41)49-34-42(60)27-30-55(49)62-54/h1-35H. The molecule has 14 rings (SSSR count). The van der Waals surface area contributed by atoms with Crippen LogP contribution in [-0.2, 0) is 0 Å². The molecular weight excluding hydrogens is 787 g/mol. The van der Waals surface area contributed by atoms with Gasteiger partial charge in [-0.15, -0.1) is 11.3 Å². The normalized spacial score (nSPS) is 12.1. The summed E-state index contributed by atoms with van der Waals surface area (Å²) in [5.41, 5.74) is 11.7. The zero-order valence-corrected chi connectivity index (χ0v) is 34.7. The van der Waals surface area contributed by atoms with E-state index in [4.69, 9.17) is 4.42 Å². The number of para-hydroxylation sites is 1. The molecular formula is C58H35N3OS. The van der Waals surface area contributed by atoms with Crippen LogP contribution in [0.5, 0.6) is 0 Å². The molecule has 0 aliphatic carbocycles. The summed E-state index contributed by atoms with van der Waals surface area (Å²) in [7, 11) is 0. The Hall–Kier alpha value is -8.12. The number of aromatic nitrogens is 3. The summed E-state index contributed by atoms with van der Waals surface area (Å²) in [5, 5.41) is 11.9. The molecule has 5 heteroatoms. The van der Waals surface area contributed by atoms with Gasteiger partial charge in [-0.05, 0) is 119 Å². The number of thiophene rings is 1. The molecule has 0 saturated heterocycles. The van der Waals surface area contributed by atoms with Crippen LogP contribution in [0.2, 0.25) is 0 Å². The fourth-order valence-corrected chi connectivity index (χ4v) is 11.4. The van der Waals surface area contributed by atoms with Gasteiger partial charge >= 0.3 is 0 Å². The van der Waals surface area contributed by atoms with Crippen molar-refractivity contribution < 1.29 is 4.42 Å². The third-order valence-corrected chi connectivity index (χ3v) is 14.2. The molecule has 0 N–H and O–H groups in total. The van der Waals surface area contributed by atoms with Crippen LogP contribution in [-0.4, -0.2) is 13.7 Å². The SMILES string of the molecule is c1ccc2c(-n3c4ccccc4c4c(-n5c6cccc(c6)c6cccc(c6)n(-c6ccc7c(c6)sc6ccccc67)c6ccc7oc8ccc5cc8c7c6)cccc43)cccc2c1. The molecule has 0 aliphatic heterocycles. The lowest BCUT2D eigenvalue weighted by atomic mass is 10.1. The molecule has 4 nitrogen and oxygen atoms in total. The second-order valence-corrected chi connectivity index (χ2v) is 17.6. The number of hydrogen-bond donors (Lipinski definition) is 0. The summed E-state index contributed by atoms with van der Waals surface area (Å²) in [4.78, 5) is 0. The Balaban J connectivity index is 1.11. The number of fused-ring (bicyclic) bond motifs is 14. The van der Waals surface area contributed by atoms with Gasteiger partial charge in [-0.25, -0.2) is 0 Å². The van der Waals surface area contributed by atoms with E-state index in [2.05, 4.69) is 226 Å². The van der Waals surface area contributed by atoms with Gasteiger partial charge in [0.1, 0.15) is 11.2 Å². The average molecular weight is 822 g/mol. The van der Waals surface area contributed by atoms with Gasteiger partial charge < -0.3 is 18.1 Å². The predicted molar refractivity (Wildman–Crippen MR) is 267 cm³/mol. The Kier molecular flexibility index (Phi) is 7.24. The predicted octanol–water partition coefficient (Wildman–Crippen LogP) is 16.4. The van der Waals surface area contributed by atoms with E-state index in [1.165, 1.54) is 52.9 Å². The summed E-state index contributed by atoms with van der Waals surface area (Å²) in [6.45, 7) is 0. The van der Waals surface area contributed by atoms with Gasteiger partial charge in [0, 0.05) is 74.9 Å². The van der Waals surface area contributed by atoms with Gasteiger partial charge in [0.15, 0.2) is 0 Å². The van der Waals surface area contributed by atoms with E-state index < -0.39 is 0 Å². The lowest BCUT2D eigenvalue weighted by Crippen LogP contribution is -1.99. The number of hydrogen-bond acceptors (Lipinski definition) is 2. The van der Waals surface area contributed by atoms with Crippen LogP contribution in [0, 0.1) is 0 Å². The highest BCUT2D eigenvalue weighted by Crippen LogP contribution is 2.41. The molecule has 0 saturated carbocycles. The van der Waals surface area contributed by atoms with Gasteiger partial charge in [-0.3, -0.25) is 0 Å². The van der Waals surface area contributed by atoms with Crippen molar-refractivity contribution >= 4 is 119 Å². The summed E-state index contributed by atoms with van der Waals surface area (Å²) in [5.74, 6) is 0. The van der Waals surface area contributed by atoms with Crippen molar-refractivity contribution in [3.05, 3.63) is 212 Å². The van der Waals surface area contributed by atoms with E-state index in [0.29, 0.717) is 0 Å². The van der Waals surface area contributed by atoms with Crippen LogP contribution < -0.4 is 0 Å². The molecule has 63 heavy (non-hydrogen) atoms. The van der Waals surface area contributed by atoms with Gasteiger partial charge in [-0.1, -0.05) is 109 Å². The molecule has 4 aromatic heterocycles. The lowest BCUT2D eigenvalue weighted by molar-refractivity contribution is 0.669. The Morgan fingerprint density at radius 1 is 0.317 bits per heavy atom. The highest BCUT2D eigenvalue weighted by molar-refractivity contribution is 7.25. The quantitative estimate of drug-likeness (QED) is 0.174. The monoisotopic (exact) mass is 821 g/mol. The zero-order valence-electron chi connectivity index (χ0n) is 33.9. The summed E-state index contributed by atoms with van der Waals surface area (Å²) < 4.78 is 16.5. The van der Waals surface area contributed by atoms with Crippen LogP contribution in [0.15, 0.2) is 217 Å². The Morgan fingerprint density at radius 2 is 0.889 bits per heavy atom. The molecule has 14 aromatic rings. The largest absolute Gasteiger partial charge is 0.456 e. The minimum atomic E-state index is 0.859. The minimum absolute atomic E-state index is 0.859. The maximum absolute atomic E-state index is 6.62. The van der Waals surface area contributed by atoms with Crippen molar-refractivity contribution in [1.82, 2.24) is 13.7 Å². The number of nitrogens with zero attached hydrogens (tertiary/aromatic N) is 3. The molecule has 0 radical (unpaired) electrons. The third-order valence-electron chi connectivity index (χ3n) is 13.0. The van der Waals surface area contributed by atoms with E-state index in [1.807, 2.05) is 11.3 Å². The first-order valence-corrected chi connectivity index (χ1v) is 22.2. The van der Waals surface area contributed by atoms with Crippen LogP contribution >= 0.6 is 11.3 Å². The first-order valence-electron chi connectivity index (χ1n) is 21.4. The first kappa shape index (κ1) is 34.6. The van der Waals surface area contributed by atoms with Crippen molar-refractivity contribution in [2.45, 2.75) is 0 Å². The molecule has 0 aliphatic rings. The molecule has 4 heterocycles. The van der Waals surface area contributed by atoms with Crippen molar-refractivity contribution in [3.8, 4) is 17.1 Å². The zero-order chi connectivity index (χ0) is 41.2. The smallest absolute Gasteiger partial charge is 0.135 e. The summed E-state index contributed by atoms with van der Waals surface area (Å²) in [6.07, 6.45) is 0. The molecule has 10 aromatic carbocycles. The second kappa shape index (κ2) is 13.2. The first-order chi connectivity index (χ1) is 31.2. The van der Waals surface area contributed by atoms with E-state index in [0.717, 1.165) is 71.7 Å². The Labute approximate surface area is 364 Å². The molecule has 294 valence electrons. The van der Waals surface area contributed by atoms with Gasteiger partial charge in [-0.2, -0.15) is 0 Å². The van der Waals surface area contributed by atoms with Crippen molar-refractivity contribution in [1.29, 1.82) is 0 Å². The van der Waals surface area contributed by atoms with Crippen molar-refractivity contribution in [2.24, 2.45) is 0 Å². The highest BCUT2D eigenvalue weighted by Gasteiger charge is 2.19. The fourth-order valence-electron chi connectivity index (χ4n) is 10.3. The lowest BCUT2D eigenvalue weighted by Gasteiger charge is -2.15. The molecule has 0 spiro atoms. The van der Waals surface area contributed by atoms with E-state index in [1.54, 1.807) is 0 Å². The van der Waals surface area contributed by atoms with Gasteiger partial charge in [0.25, 0.3) is 0 Å². The molecule has 8 bridgehead atoms. The number of rotatable bonds is 3. The topological polar surface area (TPSA) is 27.9 Å². The maximum Gasteiger partial charge on any atom is 0.135 e. The molecule has 0 atom stereocenters. The Bertz CT molecular complexity index is 4280. The molecule has 0 fully saturated rings. The second-order valence-electron chi connectivity index (χ2n) is 16.5. The highest BCUT2D eigenvalue weighted by atomic mass is 32.1. The third kappa shape index (κ3) is 5.15. The maximum atomic E-state index is 6.62. The Morgan fingerprint density at radius 3 is 1.70 bits per heavy atom. The molecule has 0 unspecified atom stereocenters. The number of furan rings is 1. The van der Waals surface area contributed by atoms with Crippen LogP contribution in [0.1, 0.15) is 0 Å². The van der Waals surface area contributed by atoms with E-state index in [9.17, 15) is 0 Å². The van der Waals surface area contributed by atoms with Crippen LogP contribution in [0.25, 0.3) is 125 Å². The fraction of sp³-hybridized carbons (Fsp3) is 0. The van der Waals surface area contributed by atoms with Gasteiger partial charge in [0.05, 0.1) is 22.4 Å². The van der Waals surface area contributed by atoms with Crippen molar-refractivity contribution in [2.75, 3.05) is 0 Å². The van der Waals surface area contributed by atoms with Crippen LogP contribution in [0.3, 0.4) is 0 Å². The summed E-state index contributed by atoms with van der Waals surface area (Å²) >= 11 is 1.85. The average Bonchev–Trinajstić information content (AvgIpc) is 4.01. The van der Waals surface area contributed by atoms with E-state index in [-0.39, 0.29) is 0 Å². The minimum Gasteiger partial charge on any atom is -0.456 e. The number of benzene rings is 10. The van der Waals surface area contributed by atoms with Crippen LogP contribution in [0.4, 0.5) is 0 Å². The van der Waals surface area contributed by atoms with Gasteiger partial charge in [0.2, 0.25) is 0 Å². The molecule has 0 amide bonds. The summed E-state index contributed by atoms with van der Waals surface area (Å²) in [6, 6.07) is 77.8. The van der Waals surface area contributed by atoms with Crippen molar-refractivity contribution in [3.63, 3.8) is 0 Å².